The van der Waals surface area contributed by atoms with E-state index >= 15 is 0 Å². The van der Waals surface area contributed by atoms with Gasteiger partial charge >= 0.3 is 0 Å². The number of rotatable bonds is 2. The highest BCUT2D eigenvalue weighted by atomic mass is 32.1. The highest BCUT2D eigenvalue weighted by Crippen LogP contribution is 2.18. The van der Waals surface area contributed by atoms with Crippen molar-refractivity contribution < 1.29 is 0 Å². The first kappa shape index (κ1) is 9.16. The molecule has 2 rings (SSSR count). The van der Waals surface area contributed by atoms with Crippen molar-refractivity contribution in [3.8, 4) is 0 Å². The lowest BCUT2D eigenvalue weighted by Crippen LogP contribution is -1.73. The number of aromatic nitrogens is 1. The first-order chi connectivity index (χ1) is 6.86. The van der Waals surface area contributed by atoms with Crippen LogP contribution in [0.3, 0.4) is 0 Å². The lowest BCUT2D eigenvalue weighted by Gasteiger charge is -1.91. The van der Waals surface area contributed by atoms with Gasteiger partial charge in [-0.3, -0.25) is 4.98 Å². The van der Waals surface area contributed by atoms with Crippen LogP contribution in [0.25, 0.3) is 12.2 Å². The first-order valence-electron chi connectivity index (χ1n) is 4.48. The lowest BCUT2D eigenvalue weighted by molar-refractivity contribution is 1.32. The number of thiophene rings is 1. The molecule has 0 atom stereocenters. The average Bonchev–Trinajstić information content (AvgIpc) is 2.63. The van der Waals surface area contributed by atoms with Crippen LogP contribution in [-0.2, 0) is 0 Å². The standard InChI is InChI=1S/C12H11NS/c1-10-6-8-14-12(10)5-4-11-3-2-7-13-9-11/h2-9H,1H3/b5-4+. The third-order valence-electron chi connectivity index (χ3n) is 2.01. The molecule has 0 unspecified atom stereocenters. The zero-order chi connectivity index (χ0) is 9.80. The molecule has 0 N–H and O–H groups in total. The summed E-state index contributed by atoms with van der Waals surface area (Å²) >= 11 is 1.76. The number of pyridine rings is 1. The molecule has 0 fully saturated rings. The lowest BCUT2D eigenvalue weighted by atomic mass is 10.2. The van der Waals surface area contributed by atoms with E-state index in [9.17, 15) is 0 Å². The fraction of sp³-hybridized carbons (Fsp3) is 0.0833. The van der Waals surface area contributed by atoms with Gasteiger partial charge in [-0.05, 0) is 41.6 Å². The summed E-state index contributed by atoms with van der Waals surface area (Å²) in [4.78, 5) is 5.37. The SMILES string of the molecule is Cc1ccsc1/C=C/c1cccnc1. The molecule has 0 aliphatic rings. The topological polar surface area (TPSA) is 12.9 Å². The quantitative estimate of drug-likeness (QED) is 0.723. The fourth-order valence-electron chi connectivity index (χ4n) is 1.20. The van der Waals surface area contributed by atoms with E-state index in [1.807, 2.05) is 18.3 Å². The third kappa shape index (κ3) is 2.09. The van der Waals surface area contributed by atoms with Gasteiger partial charge in [0.15, 0.2) is 0 Å². The van der Waals surface area contributed by atoms with Crippen molar-refractivity contribution in [3.05, 3.63) is 52.0 Å². The Hall–Kier alpha value is -1.41. The Morgan fingerprint density at radius 2 is 2.21 bits per heavy atom. The van der Waals surface area contributed by atoms with E-state index in [0.717, 1.165) is 5.56 Å². The summed E-state index contributed by atoms with van der Waals surface area (Å²) in [6.07, 6.45) is 7.87. The number of aryl methyl sites for hydroxylation is 1. The average molecular weight is 201 g/mol. The van der Waals surface area contributed by atoms with E-state index < -0.39 is 0 Å². The van der Waals surface area contributed by atoms with Gasteiger partial charge in [-0.25, -0.2) is 0 Å². The molecule has 0 radical (unpaired) electrons. The van der Waals surface area contributed by atoms with Gasteiger partial charge in [-0.1, -0.05) is 12.1 Å². The van der Waals surface area contributed by atoms with Crippen molar-refractivity contribution in [3.63, 3.8) is 0 Å². The molecule has 0 aliphatic heterocycles. The second-order valence-corrected chi connectivity index (χ2v) is 4.04. The molecule has 14 heavy (non-hydrogen) atoms. The first-order valence-corrected chi connectivity index (χ1v) is 5.36. The molecule has 2 aromatic rings. The monoisotopic (exact) mass is 201 g/mol. The van der Waals surface area contributed by atoms with E-state index in [-0.39, 0.29) is 0 Å². The Labute approximate surface area is 87.8 Å². The van der Waals surface area contributed by atoms with Crippen molar-refractivity contribution in [2.45, 2.75) is 6.92 Å². The van der Waals surface area contributed by atoms with E-state index in [2.05, 4.69) is 35.5 Å². The molecular formula is C12H11NS. The Balaban J connectivity index is 2.20. The normalized spacial score (nSPS) is 10.9. The number of nitrogens with zero attached hydrogens (tertiary/aromatic N) is 1. The van der Waals surface area contributed by atoms with E-state index in [1.54, 1.807) is 17.5 Å². The molecule has 0 amide bonds. The molecule has 0 saturated heterocycles. The second kappa shape index (κ2) is 4.20. The molecule has 0 bridgehead atoms. The van der Waals surface area contributed by atoms with E-state index in [0.29, 0.717) is 0 Å². The van der Waals surface area contributed by atoms with E-state index in [1.165, 1.54) is 10.4 Å². The van der Waals surface area contributed by atoms with Crippen molar-refractivity contribution in [1.29, 1.82) is 0 Å². The predicted molar refractivity (Wildman–Crippen MR) is 62.2 cm³/mol. The van der Waals surface area contributed by atoms with Gasteiger partial charge in [0.2, 0.25) is 0 Å². The summed E-state index contributed by atoms with van der Waals surface area (Å²) in [6, 6.07) is 6.13. The minimum absolute atomic E-state index is 1.14. The van der Waals surface area contributed by atoms with Crippen LogP contribution >= 0.6 is 11.3 Å². The molecule has 0 aromatic carbocycles. The Morgan fingerprint density at radius 1 is 1.29 bits per heavy atom. The molecule has 2 aromatic heterocycles. The smallest absolute Gasteiger partial charge is 0.0340 e. The van der Waals surface area contributed by atoms with Crippen LogP contribution in [0.5, 0.6) is 0 Å². The molecule has 0 aliphatic carbocycles. The summed E-state index contributed by atoms with van der Waals surface area (Å²) < 4.78 is 0. The summed E-state index contributed by atoms with van der Waals surface area (Å²) in [6.45, 7) is 2.12. The molecule has 70 valence electrons. The van der Waals surface area contributed by atoms with Gasteiger partial charge < -0.3 is 0 Å². The maximum atomic E-state index is 4.06. The molecular weight excluding hydrogens is 190 g/mol. The Bertz CT molecular complexity index is 429. The Morgan fingerprint density at radius 3 is 2.86 bits per heavy atom. The van der Waals surface area contributed by atoms with Crippen molar-refractivity contribution in [1.82, 2.24) is 4.98 Å². The molecule has 2 heteroatoms. The predicted octanol–water partition coefficient (Wildman–Crippen LogP) is 3.62. The number of hydrogen-bond acceptors (Lipinski definition) is 2. The van der Waals surface area contributed by atoms with Gasteiger partial charge in [0.1, 0.15) is 0 Å². The summed E-state index contributed by atoms with van der Waals surface area (Å²) in [5.41, 5.74) is 2.47. The van der Waals surface area contributed by atoms with Crippen LogP contribution in [0.15, 0.2) is 36.0 Å². The van der Waals surface area contributed by atoms with Crippen LogP contribution < -0.4 is 0 Å². The summed E-state index contributed by atoms with van der Waals surface area (Å²) in [5.74, 6) is 0. The third-order valence-corrected chi connectivity index (χ3v) is 3.00. The Kier molecular flexibility index (Phi) is 2.75. The van der Waals surface area contributed by atoms with Crippen LogP contribution in [0.4, 0.5) is 0 Å². The van der Waals surface area contributed by atoms with Crippen molar-refractivity contribution in [2.75, 3.05) is 0 Å². The van der Waals surface area contributed by atoms with Crippen LogP contribution in [0, 0.1) is 6.92 Å². The summed E-state index contributed by atoms with van der Waals surface area (Å²) in [7, 11) is 0. The second-order valence-electron chi connectivity index (χ2n) is 3.09. The van der Waals surface area contributed by atoms with Gasteiger partial charge in [0.25, 0.3) is 0 Å². The zero-order valence-corrected chi connectivity index (χ0v) is 8.79. The minimum atomic E-state index is 1.14. The summed E-state index contributed by atoms with van der Waals surface area (Å²) in [5, 5.41) is 2.11. The molecule has 0 spiro atoms. The van der Waals surface area contributed by atoms with Gasteiger partial charge in [-0.15, -0.1) is 11.3 Å². The van der Waals surface area contributed by atoms with Crippen LogP contribution in [0.2, 0.25) is 0 Å². The van der Waals surface area contributed by atoms with Crippen LogP contribution in [-0.4, -0.2) is 4.98 Å². The van der Waals surface area contributed by atoms with Crippen molar-refractivity contribution >= 4 is 23.5 Å². The molecule has 2 heterocycles. The van der Waals surface area contributed by atoms with E-state index in [4.69, 9.17) is 0 Å². The molecule has 1 nitrogen and oxygen atoms in total. The van der Waals surface area contributed by atoms with Crippen molar-refractivity contribution in [2.24, 2.45) is 0 Å². The highest BCUT2D eigenvalue weighted by molar-refractivity contribution is 7.11. The zero-order valence-electron chi connectivity index (χ0n) is 7.97. The highest BCUT2D eigenvalue weighted by Gasteiger charge is 1.93. The molecule has 0 saturated carbocycles. The van der Waals surface area contributed by atoms with Crippen LogP contribution in [0.1, 0.15) is 16.0 Å². The van der Waals surface area contributed by atoms with Gasteiger partial charge in [-0.2, -0.15) is 0 Å². The maximum Gasteiger partial charge on any atom is 0.0340 e. The van der Waals surface area contributed by atoms with Gasteiger partial charge in [0.05, 0.1) is 0 Å². The largest absolute Gasteiger partial charge is 0.264 e. The van der Waals surface area contributed by atoms with Gasteiger partial charge in [0, 0.05) is 17.3 Å². The number of hydrogen-bond donors (Lipinski definition) is 0. The fourth-order valence-corrected chi connectivity index (χ4v) is 2.02. The maximum absolute atomic E-state index is 4.06. The minimum Gasteiger partial charge on any atom is -0.264 e.